The quantitative estimate of drug-likeness (QED) is 0.555. The summed E-state index contributed by atoms with van der Waals surface area (Å²) in [5.74, 6) is 1.23. The van der Waals surface area contributed by atoms with Crippen LogP contribution in [0.25, 0.3) is 0 Å². The largest absolute Gasteiger partial charge is 0.418 e. The summed E-state index contributed by atoms with van der Waals surface area (Å²) < 4.78 is 6.06. The maximum Gasteiger partial charge on any atom is 0.244 e. The summed E-state index contributed by atoms with van der Waals surface area (Å²) in [5.41, 5.74) is 14.1. The molecule has 2 aromatic heterocycles. The molecular weight excluding hydrogens is 312 g/mol. The molecule has 3 aromatic rings. The second kappa shape index (κ2) is 5.34. The number of nitrogens with one attached hydrogen (secondary N) is 1. The molecule has 25 heavy (non-hydrogen) atoms. The molecule has 5 nitrogen and oxygen atoms in total. The minimum Gasteiger partial charge on any atom is -0.418 e. The van der Waals surface area contributed by atoms with E-state index in [0.717, 1.165) is 47.5 Å². The van der Waals surface area contributed by atoms with Crippen LogP contribution in [0.15, 0.2) is 30.3 Å². The molecule has 2 aliphatic rings. The number of aromatic nitrogens is 3. The van der Waals surface area contributed by atoms with E-state index in [4.69, 9.17) is 15.5 Å². The molecule has 1 atom stereocenters. The zero-order valence-electron chi connectivity index (χ0n) is 14.2. The number of aryl methyl sites for hydroxylation is 2. The van der Waals surface area contributed by atoms with E-state index in [1.807, 2.05) is 13.0 Å². The van der Waals surface area contributed by atoms with Crippen molar-refractivity contribution >= 4 is 5.69 Å². The van der Waals surface area contributed by atoms with Crippen LogP contribution in [-0.2, 0) is 12.8 Å². The van der Waals surface area contributed by atoms with Crippen LogP contribution in [0.1, 0.15) is 52.4 Å². The zero-order valence-corrected chi connectivity index (χ0v) is 14.2. The summed E-state index contributed by atoms with van der Waals surface area (Å²) in [5, 5.41) is 7.40. The number of hydrogen-bond acceptors (Lipinski definition) is 4. The number of pyridine rings is 1. The average Bonchev–Trinajstić information content (AvgIpc) is 3.02. The van der Waals surface area contributed by atoms with E-state index in [-0.39, 0.29) is 5.92 Å². The molecule has 0 amide bonds. The Morgan fingerprint density at radius 1 is 1.08 bits per heavy atom. The van der Waals surface area contributed by atoms with Gasteiger partial charge < -0.3 is 10.5 Å². The van der Waals surface area contributed by atoms with Gasteiger partial charge in [-0.15, -0.1) is 5.10 Å². The molecule has 0 radical (unpaired) electrons. The summed E-state index contributed by atoms with van der Waals surface area (Å²) in [4.78, 5) is 4.84. The Bertz CT molecular complexity index is 962. The number of H-pyrrole nitrogens is 1. The minimum absolute atomic E-state index is 0.00146. The summed E-state index contributed by atoms with van der Waals surface area (Å²) in [7, 11) is 0. The fourth-order valence-electron chi connectivity index (χ4n) is 4.17. The highest BCUT2D eigenvalue weighted by Crippen LogP contribution is 2.50. The first-order valence-corrected chi connectivity index (χ1v) is 8.83. The number of nitrogens with two attached hydrogens (primary N) is 1. The van der Waals surface area contributed by atoms with E-state index >= 15 is 0 Å². The normalized spacial score (nSPS) is 18.0. The monoisotopic (exact) mass is 332 g/mol. The topological polar surface area (TPSA) is 76.8 Å². The van der Waals surface area contributed by atoms with Crippen molar-refractivity contribution in [1.82, 2.24) is 15.2 Å². The fraction of sp³-hybridized carbons (Fsp3) is 0.300. The number of fused-ring (bicyclic) bond motifs is 3. The SMILES string of the molecule is Cc1[nH]nc2c1C(c1ccccc1)c1c(nc3c(c1N)CCCC3)O2. The van der Waals surface area contributed by atoms with Gasteiger partial charge in [-0.05, 0) is 43.7 Å². The molecule has 126 valence electrons. The van der Waals surface area contributed by atoms with E-state index in [0.29, 0.717) is 11.8 Å². The molecule has 0 bridgehead atoms. The molecule has 1 aromatic carbocycles. The van der Waals surface area contributed by atoms with Gasteiger partial charge in [-0.3, -0.25) is 5.10 Å². The maximum atomic E-state index is 6.68. The molecule has 5 heteroatoms. The second-order valence-electron chi connectivity index (χ2n) is 6.89. The molecule has 1 aliphatic heterocycles. The van der Waals surface area contributed by atoms with Gasteiger partial charge in [0, 0.05) is 28.6 Å². The summed E-state index contributed by atoms with van der Waals surface area (Å²) >= 11 is 0. The van der Waals surface area contributed by atoms with Crippen molar-refractivity contribution in [2.75, 3.05) is 5.73 Å². The van der Waals surface area contributed by atoms with E-state index in [1.54, 1.807) is 0 Å². The number of nitrogens with zero attached hydrogens (tertiary/aromatic N) is 2. The number of hydrogen-bond donors (Lipinski definition) is 2. The lowest BCUT2D eigenvalue weighted by Gasteiger charge is -2.29. The van der Waals surface area contributed by atoms with Crippen molar-refractivity contribution in [3.05, 3.63) is 64.0 Å². The van der Waals surface area contributed by atoms with E-state index in [9.17, 15) is 0 Å². The fourth-order valence-corrected chi connectivity index (χ4v) is 4.17. The molecule has 3 heterocycles. The number of benzene rings is 1. The van der Waals surface area contributed by atoms with Gasteiger partial charge in [-0.2, -0.15) is 0 Å². The number of anilines is 1. The lowest BCUT2D eigenvalue weighted by Crippen LogP contribution is -2.19. The van der Waals surface area contributed by atoms with Crippen LogP contribution in [0.3, 0.4) is 0 Å². The van der Waals surface area contributed by atoms with Crippen LogP contribution >= 0.6 is 0 Å². The smallest absolute Gasteiger partial charge is 0.244 e. The lowest BCUT2D eigenvalue weighted by molar-refractivity contribution is 0.414. The molecule has 0 fully saturated rings. The number of ether oxygens (including phenoxy) is 1. The van der Waals surface area contributed by atoms with Crippen LogP contribution in [-0.4, -0.2) is 15.2 Å². The van der Waals surface area contributed by atoms with E-state index in [1.165, 1.54) is 17.5 Å². The molecule has 0 spiro atoms. The molecular formula is C20H20N4O. The highest BCUT2D eigenvalue weighted by atomic mass is 16.5. The van der Waals surface area contributed by atoms with Crippen LogP contribution < -0.4 is 10.5 Å². The highest BCUT2D eigenvalue weighted by Gasteiger charge is 2.36. The Morgan fingerprint density at radius 3 is 2.72 bits per heavy atom. The Labute approximate surface area is 146 Å². The number of nitrogen functional groups attached to an aromatic ring is 1. The van der Waals surface area contributed by atoms with Gasteiger partial charge in [0.05, 0.1) is 5.56 Å². The first-order valence-electron chi connectivity index (χ1n) is 8.83. The third kappa shape index (κ3) is 2.08. The summed E-state index contributed by atoms with van der Waals surface area (Å²) in [6.45, 7) is 2.03. The zero-order chi connectivity index (χ0) is 17.0. The Balaban J connectivity index is 1.80. The maximum absolute atomic E-state index is 6.68. The van der Waals surface area contributed by atoms with Crippen molar-refractivity contribution in [3.8, 4) is 11.8 Å². The Kier molecular flexibility index (Phi) is 3.10. The van der Waals surface area contributed by atoms with Gasteiger partial charge in [0.2, 0.25) is 11.8 Å². The molecule has 1 unspecified atom stereocenters. The van der Waals surface area contributed by atoms with Gasteiger partial charge in [0.15, 0.2) is 0 Å². The van der Waals surface area contributed by atoms with E-state index in [2.05, 4.69) is 34.5 Å². The predicted molar refractivity (Wildman–Crippen MR) is 96.1 cm³/mol. The predicted octanol–water partition coefficient (Wildman–Crippen LogP) is 3.86. The third-order valence-electron chi connectivity index (χ3n) is 5.38. The second-order valence-corrected chi connectivity index (χ2v) is 6.89. The molecule has 5 rings (SSSR count). The third-order valence-corrected chi connectivity index (χ3v) is 5.38. The average molecular weight is 332 g/mol. The van der Waals surface area contributed by atoms with Crippen molar-refractivity contribution in [2.24, 2.45) is 0 Å². The van der Waals surface area contributed by atoms with Crippen molar-refractivity contribution in [3.63, 3.8) is 0 Å². The van der Waals surface area contributed by atoms with Gasteiger partial charge in [-0.25, -0.2) is 4.98 Å². The molecule has 3 N–H and O–H groups in total. The summed E-state index contributed by atoms with van der Waals surface area (Å²) in [6.07, 6.45) is 4.30. The Hall–Kier alpha value is -2.82. The Morgan fingerprint density at radius 2 is 1.88 bits per heavy atom. The highest BCUT2D eigenvalue weighted by molar-refractivity contribution is 5.68. The summed E-state index contributed by atoms with van der Waals surface area (Å²) in [6, 6.07) is 10.4. The van der Waals surface area contributed by atoms with Crippen LogP contribution in [0, 0.1) is 6.92 Å². The molecule has 0 saturated heterocycles. The first-order chi connectivity index (χ1) is 12.2. The first kappa shape index (κ1) is 14.5. The van der Waals surface area contributed by atoms with Crippen molar-refractivity contribution in [2.45, 2.75) is 38.5 Å². The number of aromatic amines is 1. The van der Waals surface area contributed by atoms with Crippen LogP contribution in [0.2, 0.25) is 0 Å². The van der Waals surface area contributed by atoms with Crippen molar-refractivity contribution in [1.29, 1.82) is 0 Å². The van der Waals surface area contributed by atoms with Crippen molar-refractivity contribution < 1.29 is 4.74 Å². The standard InChI is InChI=1S/C20H20N4O/c1-11-15-16(12-7-3-2-4-8-12)17-18(21)13-9-5-6-10-14(13)22-19(17)25-20(15)24-23-11/h2-4,7-8,16H,5-6,9-10H2,1H3,(H2,21,22)(H,23,24). The van der Waals surface area contributed by atoms with Crippen LogP contribution in [0.5, 0.6) is 11.8 Å². The lowest BCUT2D eigenvalue weighted by atomic mass is 9.81. The number of rotatable bonds is 1. The van der Waals surface area contributed by atoms with Gasteiger partial charge >= 0.3 is 0 Å². The molecule has 0 saturated carbocycles. The van der Waals surface area contributed by atoms with Gasteiger partial charge in [-0.1, -0.05) is 30.3 Å². The van der Waals surface area contributed by atoms with Gasteiger partial charge in [0.25, 0.3) is 0 Å². The minimum atomic E-state index is -0.00146. The van der Waals surface area contributed by atoms with Crippen LogP contribution in [0.4, 0.5) is 5.69 Å². The van der Waals surface area contributed by atoms with E-state index < -0.39 is 0 Å². The van der Waals surface area contributed by atoms with Gasteiger partial charge in [0.1, 0.15) is 0 Å². The molecule has 1 aliphatic carbocycles.